The van der Waals surface area contributed by atoms with Crippen molar-refractivity contribution in [2.45, 2.75) is 51.1 Å². The van der Waals surface area contributed by atoms with Gasteiger partial charge in [-0.3, -0.25) is 14.6 Å². The van der Waals surface area contributed by atoms with E-state index in [4.69, 9.17) is 0 Å². The van der Waals surface area contributed by atoms with Gasteiger partial charge in [0.1, 0.15) is 0 Å². The minimum atomic E-state index is -0.362. The predicted molar refractivity (Wildman–Crippen MR) is 103 cm³/mol. The summed E-state index contributed by atoms with van der Waals surface area (Å²) in [6.45, 7) is 3.84. The summed E-state index contributed by atoms with van der Waals surface area (Å²) in [5.41, 5.74) is 0.636. The first-order valence-electron chi connectivity index (χ1n) is 9.73. The zero-order chi connectivity index (χ0) is 18.1. The molecular weight excluding hydrogens is 346 g/mol. The molecule has 3 aliphatic rings. The Kier molecular flexibility index (Phi) is 4.95. The van der Waals surface area contributed by atoms with E-state index < -0.39 is 0 Å². The van der Waals surface area contributed by atoms with Crippen molar-refractivity contribution in [3.05, 3.63) is 30.1 Å². The van der Waals surface area contributed by atoms with E-state index in [1.165, 1.54) is 0 Å². The number of rotatable bonds is 4. The predicted octanol–water partition coefficient (Wildman–Crippen LogP) is 2.36. The number of pyridine rings is 1. The SMILES string of the molecule is CC[C@@]1(C(=O)N2CCSCC2)C[C@@H]2CC[C@H]1N2C(=O)Cc1ccncc1. The molecule has 4 rings (SSSR count). The van der Waals surface area contributed by atoms with Crippen LogP contribution in [0.25, 0.3) is 0 Å². The lowest BCUT2D eigenvalue weighted by molar-refractivity contribution is -0.145. The zero-order valence-electron chi connectivity index (χ0n) is 15.4. The van der Waals surface area contributed by atoms with Crippen molar-refractivity contribution < 1.29 is 9.59 Å². The van der Waals surface area contributed by atoms with Crippen molar-refractivity contribution in [1.29, 1.82) is 0 Å². The number of aromatic nitrogens is 1. The van der Waals surface area contributed by atoms with Gasteiger partial charge in [0.05, 0.1) is 11.8 Å². The van der Waals surface area contributed by atoms with Crippen LogP contribution in [0.2, 0.25) is 0 Å². The van der Waals surface area contributed by atoms with Crippen LogP contribution in [0.3, 0.4) is 0 Å². The second-order valence-corrected chi connectivity index (χ2v) is 8.92. The molecule has 0 spiro atoms. The van der Waals surface area contributed by atoms with E-state index in [0.717, 1.165) is 55.8 Å². The molecule has 0 unspecified atom stereocenters. The highest BCUT2D eigenvalue weighted by Crippen LogP contribution is 2.53. The lowest BCUT2D eigenvalue weighted by Crippen LogP contribution is -2.53. The van der Waals surface area contributed by atoms with E-state index >= 15 is 0 Å². The number of amides is 2. The molecule has 0 aliphatic carbocycles. The summed E-state index contributed by atoms with van der Waals surface area (Å²) in [5, 5.41) is 0. The Morgan fingerprint density at radius 1 is 1.23 bits per heavy atom. The third kappa shape index (κ3) is 2.92. The van der Waals surface area contributed by atoms with Gasteiger partial charge in [0, 0.05) is 49.1 Å². The Hall–Kier alpha value is -1.56. The molecule has 0 saturated carbocycles. The van der Waals surface area contributed by atoms with Crippen LogP contribution in [0.4, 0.5) is 0 Å². The van der Waals surface area contributed by atoms with E-state index in [1.807, 2.05) is 23.9 Å². The number of nitrogens with zero attached hydrogens (tertiary/aromatic N) is 3. The summed E-state index contributed by atoms with van der Waals surface area (Å²) in [6.07, 6.45) is 7.55. The summed E-state index contributed by atoms with van der Waals surface area (Å²) in [5.74, 6) is 2.53. The summed E-state index contributed by atoms with van der Waals surface area (Å²) >= 11 is 1.92. The van der Waals surface area contributed by atoms with Crippen LogP contribution in [0.1, 0.15) is 38.2 Å². The Labute approximate surface area is 159 Å². The molecule has 0 aromatic carbocycles. The van der Waals surface area contributed by atoms with Crippen LogP contribution >= 0.6 is 11.8 Å². The second kappa shape index (κ2) is 7.22. The molecule has 3 saturated heterocycles. The molecule has 140 valence electrons. The molecule has 3 aliphatic heterocycles. The Morgan fingerprint density at radius 2 is 1.96 bits per heavy atom. The maximum atomic E-state index is 13.4. The number of carbonyl (C=O) groups excluding carboxylic acids is 2. The van der Waals surface area contributed by atoms with Gasteiger partial charge in [-0.1, -0.05) is 6.92 Å². The first kappa shape index (κ1) is 17.8. The van der Waals surface area contributed by atoms with E-state index in [9.17, 15) is 9.59 Å². The Balaban J connectivity index is 1.54. The Bertz CT molecular complexity index is 677. The third-order valence-electron chi connectivity index (χ3n) is 6.49. The zero-order valence-corrected chi connectivity index (χ0v) is 16.2. The van der Waals surface area contributed by atoms with Gasteiger partial charge in [0.25, 0.3) is 0 Å². The molecule has 3 fully saturated rings. The maximum Gasteiger partial charge on any atom is 0.230 e. The standard InChI is InChI=1S/C20H27N3O2S/c1-2-20(19(25)22-9-11-26-12-10-22)14-16-3-4-17(20)23(16)18(24)13-15-5-7-21-8-6-15/h5-8,16-17H,2-4,9-14H2,1H3/t16-,17+,20+/m0/s1. The summed E-state index contributed by atoms with van der Waals surface area (Å²) in [4.78, 5) is 34.7. The molecule has 1 aromatic heterocycles. The number of carbonyl (C=O) groups is 2. The smallest absolute Gasteiger partial charge is 0.230 e. The third-order valence-corrected chi connectivity index (χ3v) is 7.43. The van der Waals surface area contributed by atoms with E-state index in [0.29, 0.717) is 12.3 Å². The van der Waals surface area contributed by atoms with Crippen molar-refractivity contribution >= 4 is 23.6 Å². The van der Waals surface area contributed by atoms with Crippen LogP contribution in [-0.4, -0.2) is 63.3 Å². The fourth-order valence-corrected chi connectivity index (χ4v) is 6.07. The minimum Gasteiger partial charge on any atom is -0.340 e. The molecule has 4 heterocycles. The van der Waals surface area contributed by atoms with E-state index in [-0.39, 0.29) is 23.4 Å². The average Bonchev–Trinajstić information content (AvgIpc) is 3.25. The number of fused-ring (bicyclic) bond motifs is 2. The van der Waals surface area contributed by atoms with Gasteiger partial charge in [-0.15, -0.1) is 0 Å². The monoisotopic (exact) mass is 373 g/mol. The first-order chi connectivity index (χ1) is 12.7. The molecule has 0 radical (unpaired) electrons. The summed E-state index contributed by atoms with van der Waals surface area (Å²) < 4.78 is 0. The number of hydrogen-bond donors (Lipinski definition) is 0. The van der Waals surface area contributed by atoms with Crippen LogP contribution in [0.15, 0.2) is 24.5 Å². The van der Waals surface area contributed by atoms with Gasteiger partial charge in [-0.25, -0.2) is 0 Å². The van der Waals surface area contributed by atoms with Gasteiger partial charge in [0.2, 0.25) is 11.8 Å². The van der Waals surface area contributed by atoms with Crippen LogP contribution < -0.4 is 0 Å². The van der Waals surface area contributed by atoms with Crippen molar-refractivity contribution in [2.75, 3.05) is 24.6 Å². The largest absolute Gasteiger partial charge is 0.340 e. The molecule has 3 atom stereocenters. The van der Waals surface area contributed by atoms with Gasteiger partial charge < -0.3 is 9.80 Å². The van der Waals surface area contributed by atoms with Crippen molar-refractivity contribution in [3.63, 3.8) is 0 Å². The first-order valence-corrected chi connectivity index (χ1v) is 10.9. The van der Waals surface area contributed by atoms with Gasteiger partial charge in [0.15, 0.2) is 0 Å². The fraction of sp³-hybridized carbons (Fsp3) is 0.650. The number of thioether (sulfide) groups is 1. The topological polar surface area (TPSA) is 53.5 Å². The fourth-order valence-electron chi connectivity index (χ4n) is 5.17. The summed E-state index contributed by atoms with van der Waals surface area (Å²) in [6, 6.07) is 4.12. The highest BCUT2D eigenvalue weighted by molar-refractivity contribution is 7.99. The van der Waals surface area contributed by atoms with Gasteiger partial charge in [-0.05, 0) is 43.4 Å². The average molecular weight is 374 g/mol. The molecule has 26 heavy (non-hydrogen) atoms. The van der Waals surface area contributed by atoms with Crippen molar-refractivity contribution in [2.24, 2.45) is 5.41 Å². The van der Waals surface area contributed by atoms with Crippen LogP contribution in [0.5, 0.6) is 0 Å². The second-order valence-electron chi connectivity index (χ2n) is 7.70. The normalized spacial score (nSPS) is 30.7. The number of hydrogen-bond acceptors (Lipinski definition) is 4. The molecule has 6 heteroatoms. The molecular formula is C20H27N3O2S. The molecule has 1 aromatic rings. The minimum absolute atomic E-state index is 0.0777. The quantitative estimate of drug-likeness (QED) is 0.813. The van der Waals surface area contributed by atoms with Crippen LogP contribution in [0, 0.1) is 5.41 Å². The summed E-state index contributed by atoms with van der Waals surface area (Å²) in [7, 11) is 0. The lowest BCUT2D eigenvalue weighted by atomic mass is 9.70. The highest BCUT2D eigenvalue weighted by Gasteiger charge is 2.60. The molecule has 2 amide bonds. The van der Waals surface area contributed by atoms with Gasteiger partial charge >= 0.3 is 0 Å². The molecule has 5 nitrogen and oxygen atoms in total. The highest BCUT2D eigenvalue weighted by atomic mass is 32.2. The van der Waals surface area contributed by atoms with E-state index in [2.05, 4.69) is 21.7 Å². The molecule has 0 N–H and O–H groups in total. The van der Waals surface area contributed by atoms with Crippen molar-refractivity contribution in [3.8, 4) is 0 Å². The lowest BCUT2D eigenvalue weighted by Gasteiger charge is -2.40. The Morgan fingerprint density at radius 3 is 2.65 bits per heavy atom. The van der Waals surface area contributed by atoms with Crippen LogP contribution in [-0.2, 0) is 16.0 Å². The van der Waals surface area contributed by atoms with Gasteiger partial charge in [-0.2, -0.15) is 11.8 Å². The maximum absolute atomic E-state index is 13.4. The van der Waals surface area contributed by atoms with E-state index in [1.54, 1.807) is 12.4 Å². The molecule has 2 bridgehead atoms. The van der Waals surface area contributed by atoms with Crippen molar-refractivity contribution in [1.82, 2.24) is 14.8 Å².